The van der Waals surface area contributed by atoms with Gasteiger partial charge in [-0.15, -0.1) is 0 Å². The predicted octanol–water partition coefficient (Wildman–Crippen LogP) is 3.32. The summed E-state index contributed by atoms with van der Waals surface area (Å²) in [5.41, 5.74) is 0.785. The Bertz CT molecular complexity index is 428. The summed E-state index contributed by atoms with van der Waals surface area (Å²) in [5.74, 6) is 0.884. The minimum absolute atomic E-state index is 0.131. The van der Waals surface area contributed by atoms with Gasteiger partial charge in [0.25, 0.3) is 0 Å². The Hall–Kier alpha value is -1.20. The van der Waals surface area contributed by atoms with Crippen molar-refractivity contribution in [3.8, 4) is 5.75 Å². The Balaban J connectivity index is 1.89. The van der Waals surface area contributed by atoms with E-state index >= 15 is 0 Å². The van der Waals surface area contributed by atoms with Gasteiger partial charge in [0.1, 0.15) is 5.75 Å². The lowest BCUT2D eigenvalue weighted by Crippen LogP contribution is -2.50. The van der Waals surface area contributed by atoms with E-state index in [4.69, 9.17) is 0 Å². The number of hydrogen-bond acceptors (Lipinski definition) is 3. The van der Waals surface area contributed by atoms with E-state index in [1.54, 1.807) is 12.1 Å². The maximum Gasteiger partial charge on any atom is 0.387 e. The molecule has 0 saturated heterocycles. The molecule has 3 nitrogen and oxygen atoms in total. The fourth-order valence-corrected chi connectivity index (χ4v) is 2.78. The maximum atomic E-state index is 12.1. The second kappa shape index (κ2) is 7.18. The average molecular weight is 299 g/mol. The summed E-state index contributed by atoms with van der Waals surface area (Å²) >= 11 is 0. The van der Waals surface area contributed by atoms with Gasteiger partial charge in [0.15, 0.2) is 0 Å². The minimum atomic E-state index is -2.80. The summed E-state index contributed by atoms with van der Waals surface area (Å²) in [4.78, 5) is 0. The monoisotopic (exact) mass is 299 g/mol. The lowest BCUT2D eigenvalue weighted by Gasteiger charge is -2.39. The van der Waals surface area contributed by atoms with E-state index in [1.807, 2.05) is 0 Å². The molecule has 1 aliphatic carbocycles. The van der Waals surface area contributed by atoms with Gasteiger partial charge in [0.05, 0.1) is 6.61 Å². The van der Waals surface area contributed by atoms with Gasteiger partial charge in [-0.25, -0.2) is 0 Å². The standard InChI is InChI=1S/C16H23F2NO2/c1-12-6-8-16(11-20,9-7-12)19-10-13-2-4-14(5-3-13)21-15(17)18/h2-5,12,15,19-20H,6-11H2,1H3. The van der Waals surface area contributed by atoms with E-state index < -0.39 is 6.61 Å². The number of benzene rings is 1. The molecule has 5 heteroatoms. The molecule has 0 heterocycles. The Morgan fingerprint density at radius 1 is 1.29 bits per heavy atom. The van der Waals surface area contributed by atoms with Crippen LogP contribution >= 0.6 is 0 Å². The van der Waals surface area contributed by atoms with E-state index in [2.05, 4.69) is 17.0 Å². The molecule has 1 aromatic rings. The highest BCUT2D eigenvalue weighted by molar-refractivity contribution is 5.27. The van der Waals surface area contributed by atoms with Crippen LogP contribution in [0.1, 0.15) is 38.2 Å². The van der Waals surface area contributed by atoms with Gasteiger partial charge in [-0.2, -0.15) is 8.78 Å². The number of nitrogens with one attached hydrogen (secondary N) is 1. The van der Waals surface area contributed by atoms with Gasteiger partial charge < -0.3 is 15.2 Å². The molecular weight excluding hydrogens is 276 g/mol. The van der Waals surface area contributed by atoms with Crippen LogP contribution in [0.5, 0.6) is 5.75 Å². The van der Waals surface area contributed by atoms with Crippen LogP contribution in [-0.2, 0) is 6.54 Å². The maximum absolute atomic E-state index is 12.1. The van der Waals surface area contributed by atoms with Crippen molar-refractivity contribution in [2.24, 2.45) is 5.92 Å². The zero-order valence-electron chi connectivity index (χ0n) is 12.3. The topological polar surface area (TPSA) is 41.5 Å². The Morgan fingerprint density at radius 2 is 1.90 bits per heavy atom. The first-order valence-electron chi connectivity index (χ1n) is 7.43. The number of alkyl halides is 2. The van der Waals surface area contributed by atoms with E-state index in [0.717, 1.165) is 37.2 Å². The number of ether oxygens (including phenoxy) is 1. The van der Waals surface area contributed by atoms with Gasteiger partial charge in [0, 0.05) is 12.1 Å². The number of aliphatic hydroxyl groups excluding tert-OH is 1. The van der Waals surface area contributed by atoms with Gasteiger partial charge >= 0.3 is 6.61 Å². The second-order valence-electron chi connectivity index (χ2n) is 6.00. The zero-order chi connectivity index (χ0) is 15.3. The quantitative estimate of drug-likeness (QED) is 0.846. The van der Waals surface area contributed by atoms with E-state index in [-0.39, 0.29) is 17.9 Å². The minimum Gasteiger partial charge on any atom is -0.435 e. The Labute approximate surface area is 124 Å². The average Bonchev–Trinajstić information content (AvgIpc) is 2.48. The molecule has 2 N–H and O–H groups in total. The lowest BCUT2D eigenvalue weighted by molar-refractivity contribution is -0.0498. The summed E-state index contributed by atoms with van der Waals surface area (Å²) in [6.07, 6.45) is 4.18. The first kappa shape index (κ1) is 16.2. The smallest absolute Gasteiger partial charge is 0.387 e. The van der Waals surface area contributed by atoms with Crippen LogP contribution in [0, 0.1) is 5.92 Å². The van der Waals surface area contributed by atoms with E-state index in [9.17, 15) is 13.9 Å². The number of aliphatic hydroxyl groups is 1. The van der Waals surface area contributed by atoms with E-state index in [0.29, 0.717) is 6.54 Å². The summed E-state index contributed by atoms with van der Waals surface area (Å²) in [5, 5.41) is 13.1. The highest BCUT2D eigenvalue weighted by Crippen LogP contribution is 2.31. The zero-order valence-corrected chi connectivity index (χ0v) is 12.3. The van der Waals surface area contributed by atoms with Crippen LogP contribution in [0.25, 0.3) is 0 Å². The Kier molecular flexibility index (Phi) is 5.53. The molecule has 2 rings (SSSR count). The molecule has 0 atom stereocenters. The molecule has 0 spiro atoms. The van der Waals surface area contributed by atoms with Crippen LogP contribution in [0.15, 0.2) is 24.3 Å². The third kappa shape index (κ3) is 4.64. The second-order valence-corrected chi connectivity index (χ2v) is 6.00. The van der Waals surface area contributed by atoms with Crippen LogP contribution in [0.4, 0.5) is 8.78 Å². The molecular formula is C16H23F2NO2. The van der Waals surface area contributed by atoms with Crippen LogP contribution in [0.3, 0.4) is 0 Å². The molecule has 0 aromatic heterocycles. The normalized spacial score (nSPS) is 26.0. The van der Waals surface area contributed by atoms with Crippen molar-refractivity contribution in [1.29, 1.82) is 0 Å². The summed E-state index contributed by atoms with van der Waals surface area (Å²) < 4.78 is 28.5. The molecule has 0 unspecified atom stereocenters. The van der Waals surface area contributed by atoms with Crippen molar-refractivity contribution in [3.05, 3.63) is 29.8 Å². The molecule has 1 aliphatic rings. The van der Waals surface area contributed by atoms with Crippen molar-refractivity contribution in [2.45, 2.75) is 51.3 Å². The van der Waals surface area contributed by atoms with Gasteiger partial charge in [-0.05, 0) is 49.3 Å². The van der Waals surface area contributed by atoms with Crippen LogP contribution in [-0.4, -0.2) is 23.9 Å². The molecule has 0 aliphatic heterocycles. The summed E-state index contributed by atoms with van der Waals surface area (Å²) in [6, 6.07) is 6.61. The SMILES string of the molecule is CC1CCC(CO)(NCc2ccc(OC(F)F)cc2)CC1. The molecule has 1 aromatic carbocycles. The summed E-state index contributed by atoms with van der Waals surface area (Å²) in [7, 11) is 0. The van der Waals surface area contributed by atoms with Gasteiger partial charge in [-0.1, -0.05) is 19.1 Å². The number of hydrogen-bond donors (Lipinski definition) is 2. The van der Waals surface area contributed by atoms with Gasteiger partial charge in [-0.3, -0.25) is 0 Å². The molecule has 0 bridgehead atoms. The lowest BCUT2D eigenvalue weighted by atomic mass is 9.77. The first-order valence-corrected chi connectivity index (χ1v) is 7.43. The molecule has 1 fully saturated rings. The van der Waals surface area contributed by atoms with Crippen molar-refractivity contribution in [2.75, 3.05) is 6.61 Å². The van der Waals surface area contributed by atoms with E-state index in [1.165, 1.54) is 12.1 Å². The van der Waals surface area contributed by atoms with Crippen LogP contribution in [0.2, 0.25) is 0 Å². The molecule has 118 valence electrons. The number of rotatable bonds is 6. The highest BCUT2D eigenvalue weighted by Gasteiger charge is 2.32. The van der Waals surface area contributed by atoms with Crippen molar-refractivity contribution >= 4 is 0 Å². The first-order chi connectivity index (χ1) is 10.0. The molecule has 21 heavy (non-hydrogen) atoms. The van der Waals surface area contributed by atoms with Crippen LogP contribution < -0.4 is 10.1 Å². The Morgan fingerprint density at radius 3 is 2.43 bits per heavy atom. The molecule has 0 amide bonds. The van der Waals surface area contributed by atoms with Crippen molar-refractivity contribution in [3.63, 3.8) is 0 Å². The molecule has 1 saturated carbocycles. The van der Waals surface area contributed by atoms with Crippen molar-refractivity contribution in [1.82, 2.24) is 5.32 Å². The van der Waals surface area contributed by atoms with Crippen molar-refractivity contribution < 1.29 is 18.6 Å². The third-order valence-electron chi connectivity index (χ3n) is 4.35. The van der Waals surface area contributed by atoms with Gasteiger partial charge in [0.2, 0.25) is 0 Å². The predicted molar refractivity (Wildman–Crippen MR) is 77.4 cm³/mol. The largest absolute Gasteiger partial charge is 0.435 e. The summed E-state index contributed by atoms with van der Waals surface area (Å²) in [6.45, 7) is 0.190. The fourth-order valence-electron chi connectivity index (χ4n) is 2.78. The molecule has 0 radical (unpaired) electrons. The number of halogens is 2. The third-order valence-corrected chi connectivity index (χ3v) is 4.35. The fraction of sp³-hybridized carbons (Fsp3) is 0.625. The highest BCUT2D eigenvalue weighted by atomic mass is 19.3.